The minimum Gasteiger partial charge on any atom is -0.497 e. The van der Waals surface area contributed by atoms with E-state index in [4.69, 9.17) is 9.47 Å². The molecule has 0 heterocycles. The Morgan fingerprint density at radius 2 is 1.24 bits per heavy atom. The molecule has 0 saturated heterocycles. The van der Waals surface area contributed by atoms with Gasteiger partial charge in [-0.2, -0.15) is 0 Å². The number of rotatable bonds is 6. The molecule has 2 nitrogen and oxygen atoms in total. The van der Waals surface area contributed by atoms with Crippen LogP contribution < -0.4 is 14.7 Å². The van der Waals surface area contributed by atoms with E-state index in [0.717, 1.165) is 11.5 Å². The fourth-order valence-corrected chi connectivity index (χ4v) is 7.12. The highest BCUT2D eigenvalue weighted by atomic mass is 28.3. The third kappa shape index (κ3) is 5.64. The average Bonchev–Trinajstić information content (AvgIpc) is 2.65. The fraction of sp³-hybridized carbons (Fsp3) is 0.455. The molecular weight excluding hydrogens is 324 g/mol. The van der Waals surface area contributed by atoms with Crippen molar-refractivity contribution in [2.45, 2.75) is 52.8 Å². The molecule has 0 aliphatic carbocycles. The van der Waals surface area contributed by atoms with Crippen molar-refractivity contribution in [1.29, 1.82) is 0 Å². The molecule has 0 saturated carbocycles. The van der Waals surface area contributed by atoms with Crippen LogP contribution in [0.1, 0.15) is 31.9 Å². The Kier molecular flexibility index (Phi) is 8.77. The lowest BCUT2D eigenvalue weighted by molar-refractivity contribution is 0.414. The molecule has 25 heavy (non-hydrogen) atoms. The molecular formula is C22H34O2Si. The summed E-state index contributed by atoms with van der Waals surface area (Å²) >= 11 is 0. The quantitative estimate of drug-likeness (QED) is 0.615. The molecule has 0 aliphatic rings. The molecule has 0 aliphatic heterocycles. The molecule has 3 heteroatoms. The van der Waals surface area contributed by atoms with E-state index in [2.05, 4.69) is 52.8 Å². The highest BCUT2D eigenvalue weighted by Gasteiger charge is 2.31. The summed E-state index contributed by atoms with van der Waals surface area (Å²) in [5, 5.41) is 1.52. The van der Waals surface area contributed by atoms with Gasteiger partial charge in [0.05, 0.1) is 22.3 Å². The van der Waals surface area contributed by atoms with Crippen LogP contribution in [0.2, 0.25) is 18.1 Å². The molecule has 2 rings (SSSR count). The van der Waals surface area contributed by atoms with Crippen molar-refractivity contribution in [3.8, 4) is 11.5 Å². The summed E-state index contributed by atoms with van der Waals surface area (Å²) in [5.74, 6) is 2.02. The minimum absolute atomic E-state index is 0.917. The smallest absolute Gasteiger partial charge is 0.118 e. The lowest BCUT2D eigenvalue weighted by Gasteiger charge is -2.30. The Hall–Kier alpha value is -1.74. The first-order valence-corrected chi connectivity index (χ1v) is 11.8. The van der Waals surface area contributed by atoms with Crippen LogP contribution in [0, 0.1) is 13.8 Å². The summed E-state index contributed by atoms with van der Waals surface area (Å²) in [6.45, 7) is 11.2. The van der Waals surface area contributed by atoms with Crippen LogP contribution in [0.4, 0.5) is 0 Å². The first-order valence-electron chi connectivity index (χ1n) is 9.22. The second kappa shape index (κ2) is 10.3. The van der Waals surface area contributed by atoms with E-state index in [-0.39, 0.29) is 0 Å². The maximum Gasteiger partial charge on any atom is 0.118 e. The summed E-state index contributed by atoms with van der Waals surface area (Å²) < 4.78 is 10.5. The standard InChI is InChI=1S/C14H24OSi.C8H10O/c1-6-16(7-2,8-3)14-11-12(4)9-10-13(14)15-5;1-7-3-5-8(9-2)6-4-7/h9-11H,6-8H2,1-5H3;3-6H,1-2H3. The van der Waals surface area contributed by atoms with Crippen LogP contribution in [-0.4, -0.2) is 22.3 Å². The van der Waals surface area contributed by atoms with Gasteiger partial charge in [-0.25, -0.2) is 0 Å². The Balaban J connectivity index is 0.000000293. The van der Waals surface area contributed by atoms with Crippen molar-refractivity contribution in [2.75, 3.05) is 14.2 Å². The van der Waals surface area contributed by atoms with Gasteiger partial charge in [0.25, 0.3) is 0 Å². The van der Waals surface area contributed by atoms with Crippen molar-refractivity contribution in [3.63, 3.8) is 0 Å². The first-order chi connectivity index (χ1) is 12.0. The molecule has 2 aromatic rings. The molecule has 0 spiro atoms. The number of ether oxygens (including phenoxy) is 2. The third-order valence-electron chi connectivity index (χ3n) is 5.21. The predicted octanol–water partition coefficient (Wildman–Crippen LogP) is 5.72. The molecule has 0 radical (unpaired) electrons. The summed E-state index contributed by atoms with van der Waals surface area (Å²) in [6, 6.07) is 18.5. The van der Waals surface area contributed by atoms with E-state index in [1.807, 2.05) is 24.3 Å². The predicted molar refractivity (Wildman–Crippen MR) is 112 cm³/mol. The van der Waals surface area contributed by atoms with E-state index < -0.39 is 8.07 Å². The van der Waals surface area contributed by atoms with Gasteiger partial charge >= 0.3 is 0 Å². The molecule has 0 bridgehead atoms. The SMILES string of the molecule is CC[Si](CC)(CC)c1cc(C)ccc1OC.COc1ccc(C)cc1. The molecule has 0 amide bonds. The zero-order valence-corrected chi connectivity index (χ0v) is 18.0. The number of hydrogen-bond donors (Lipinski definition) is 0. The van der Waals surface area contributed by atoms with Gasteiger partial charge in [-0.05, 0) is 37.2 Å². The van der Waals surface area contributed by atoms with Crippen LogP contribution in [-0.2, 0) is 0 Å². The van der Waals surface area contributed by atoms with Crippen LogP contribution >= 0.6 is 0 Å². The van der Waals surface area contributed by atoms with Gasteiger partial charge in [0.2, 0.25) is 0 Å². The highest BCUT2D eigenvalue weighted by Crippen LogP contribution is 2.25. The Morgan fingerprint density at radius 3 is 1.68 bits per heavy atom. The Labute approximate surface area is 155 Å². The second-order valence-electron chi connectivity index (χ2n) is 6.56. The summed E-state index contributed by atoms with van der Waals surface area (Å²) in [7, 11) is 2.14. The van der Waals surface area contributed by atoms with Crippen LogP contribution in [0.3, 0.4) is 0 Å². The molecule has 138 valence electrons. The third-order valence-corrected chi connectivity index (χ3v) is 10.8. The van der Waals surface area contributed by atoms with Gasteiger partial charge < -0.3 is 9.47 Å². The minimum atomic E-state index is -1.32. The number of hydrogen-bond acceptors (Lipinski definition) is 2. The van der Waals surface area contributed by atoms with Crippen molar-refractivity contribution < 1.29 is 9.47 Å². The topological polar surface area (TPSA) is 18.5 Å². The molecule has 0 atom stereocenters. The molecule has 0 fully saturated rings. The molecule has 2 aromatic carbocycles. The summed E-state index contributed by atoms with van der Waals surface area (Å²) in [5.41, 5.74) is 2.61. The van der Waals surface area contributed by atoms with Gasteiger partial charge in [-0.1, -0.05) is 74.3 Å². The van der Waals surface area contributed by atoms with E-state index in [1.54, 1.807) is 14.2 Å². The largest absolute Gasteiger partial charge is 0.497 e. The van der Waals surface area contributed by atoms with E-state index >= 15 is 0 Å². The van der Waals surface area contributed by atoms with Gasteiger partial charge in [0, 0.05) is 0 Å². The van der Waals surface area contributed by atoms with Crippen molar-refractivity contribution in [2.24, 2.45) is 0 Å². The summed E-state index contributed by atoms with van der Waals surface area (Å²) in [6.07, 6.45) is 0. The Morgan fingerprint density at radius 1 is 0.720 bits per heavy atom. The van der Waals surface area contributed by atoms with Crippen LogP contribution in [0.5, 0.6) is 11.5 Å². The normalized spacial score (nSPS) is 10.7. The zero-order chi connectivity index (χ0) is 18.9. The molecule has 0 unspecified atom stereocenters. The van der Waals surface area contributed by atoms with Gasteiger partial charge in [0.1, 0.15) is 11.5 Å². The van der Waals surface area contributed by atoms with Gasteiger partial charge in [-0.3, -0.25) is 0 Å². The maximum atomic E-state index is 5.55. The second-order valence-corrected chi connectivity index (χ2v) is 11.8. The molecule has 0 N–H and O–H groups in total. The lowest BCUT2D eigenvalue weighted by atomic mass is 10.2. The van der Waals surface area contributed by atoms with Crippen molar-refractivity contribution in [1.82, 2.24) is 0 Å². The van der Waals surface area contributed by atoms with E-state index in [0.29, 0.717) is 0 Å². The number of benzene rings is 2. The van der Waals surface area contributed by atoms with Crippen molar-refractivity contribution in [3.05, 3.63) is 53.6 Å². The monoisotopic (exact) mass is 358 g/mol. The van der Waals surface area contributed by atoms with E-state index in [9.17, 15) is 0 Å². The number of methoxy groups -OCH3 is 2. The Bertz CT molecular complexity index is 623. The van der Waals surface area contributed by atoms with Gasteiger partial charge in [0.15, 0.2) is 0 Å². The molecule has 0 aromatic heterocycles. The van der Waals surface area contributed by atoms with Gasteiger partial charge in [-0.15, -0.1) is 0 Å². The summed E-state index contributed by atoms with van der Waals surface area (Å²) in [4.78, 5) is 0. The first kappa shape index (κ1) is 21.3. The van der Waals surface area contributed by atoms with E-state index in [1.165, 1.54) is 34.4 Å². The number of aryl methyl sites for hydroxylation is 2. The zero-order valence-electron chi connectivity index (χ0n) is 17.0. The lowest BCUT2D eigenvalue weighted by Crippen LogP contribution is -2.46. The van der Waals surface area contributed by atoms with Crippen LogP contribution in [0.25, 0.3) is 0 Å². The maximum absolute atomic E-state index is 5.55. The van der Waals surface area contributed by atoms with Crippen molar-refractivity contribution >= 4 is 13.3 Å². The highest BCUT2D eigenvalue weighted by molar-refractivity contribution is 6.92. The average molecular weight is 359 g/mol. The van der Waals surface area contributed by atoms with Crippen LogP contribution in [0.15, 0.2) is 42.5 Å². The fourth-order valence-electron chi connectivity index (χ4n) is 3.23.